The number of nitrogens with one attached hydrogen (secondary N) is 2. The van der Waals surface area contributed by atoms with Gasteiger partial charge in [0.05, 0.1) is 37.2 Å². The molecule has 2 N–H and O–H groups in total. The number of carbonyl (C=O) groups excluding carboxylic acids is 2. The van der Waals surface area contributed by atoms with E-state index >= 15 is 0 Å². The molecule has 1 unspecified atom stereocenters. The van der Waals surface area contributed by atoms with E-state index in [1.807, 2.05) is 54.8 Å². The van der Waals surface area contributed by atoms with E-state index in [9.17, 15) is 9.59 Å². The van der Waals surface area contributed by atoms with Gasteiger partial charge in [-0.15, -0.1) is 0 Å². The number of aryl methyl sites for hydroxylation is 2. The maximum atomic E-state index is 13.0. The molecule has 1 amide bonds. The summed E-state index contributed by atoms with van der Waals surface area (Å²) in [5.74, 6) is -0.928. The van der Waals surface area contributed by atoms with Gasteiger partial charge < -0.3 is 24.7 Å². The van der Waals surface area contributed by atoms with Crippen molar-refractivity contribution in [1.29, 1.82) is 0 Å². The van der Waals surface area contributed by atoms with Crippen LogP contribution in [0.3, 0.4) is 0 Å². The number of benzene rings is 1. The first-order valence-electron chi connectivity index (χ1n) is 11.3. The van der Waals surface area contributed by atoms with Gasteiger partial charge in [0.2, 0.25) is 5.91 Å². The van der Waals surface area contributed by atoms with Crippen molar-refractivity contribution >= 4 is 34.3 Å². The van der Waals surface area contributed by atoms with Crippen LogP contribution in [0.5, 0.6) is 0 Å². The minimum absolute atomic E-state index is 0.165. The van der Waals surface area contributed by atoms with Crippen molar-refractivity contribution in [3.8, 4) is 0 Å². The van der Waals surface area contributed by atoms with Gasteiger partial charge in [0.15, 0.2) is 5.69 Å². The summed E-state index contributed by atoms with van der Waals surface area (Å²) in [4.78, 5) is 30.6. The zero-order valence-corrected chi connectivity index (χ0v) is 19.3. The summed E-state index contributed by atoms with van der Waals surface area (Å²) in [5.41, 5.74) is 3.31. The van der Waals surface area contributed by atoms with Crippen molar-refractivity contribution in [3.63, 3.8) is 0 Å². The number of anilines is 2. The first kappa shape index (κ1) is 22.8. The lowest BCUT2D eigenvalue weighted by Crippen LogP contribution is -2.24. The van der Waals surface area contributed by atoms with Crippen molar-refractivity contribution in [2.75, 3.05) is 31.0 Å². The Morgan fingerprint density at radius 3 is 2.73 bits per heavy atom. The van der Waals surface area contributed by atoms with Crippen LogP contribution in [0.25, 0.3) is 11.0 Å². The first-order chi connectivity index (χ1) is 16.0. The van der Waals surface area contributed by atoms with Gasteiger partial charge in [0.25, 0.3) is 0 Å². The van der Waals surface area contributed by atoms with Crippen molar-refractivity contribution in [2.45, 2.75) is 39.3 Å². The van der Waals surface area contributed by atoms with Crippen molar-refractivity contribution in [2.24, 2.45) is 5.92 Å². The standard InChI is InChI=1S/C25H30N4O4/c1-16(2)27-19-13-20-21(28-24(30)18-10-12-33-15-18)22(25(31)32-3)29(23(20)26-14-19)11-9-17-7-5-4-6-8-17/h4-8,13-14,16,18,27H,9-12,15H2,1-3H3,(H,28,30). The van der Waals surface area contributed by atoms with Crippen LogP contribution in [-0.4, -0.2) is 47.8 Å². The summed E-state index contributed by atoms with van der Waals surface area (Å²) in [6, 6.07) is 12.2. The Hall–Kier alpha value is -3.39. The Morgan fingerprint density at radius 2 is 2.06 bits per heavy atom. The largest absolute Gasteiger partial charge is 0.464 e. The molecule has 1 atom stereocenters. The molecular weight excluding hydrogens is 420 g/mol. The van der Waals surface area contributed by atoms with Gasteiger partial charge in [-0.2, -0.15) is 0 Å². The number of rotatable bonds is 8. The lowest BCUT2D eigenvalue weighted by atomic mass is 10.1. The molecule has 4 rings (SSSR count). The first-order valence-corrected chi connectivity index (χ1v) is 11.3. The molecular formula is C25H30N4O4. The minimum atomic E-state index is -0.516. The number of hydrogen-bond donors (Lipinski definition) is 2. The molecule has 33 heavy (non-hydrogen) atoms. The van der Waals surface area contributed by atoms with E-state index in [-0.39, 0.29) is 17.9 Å². The second-order valence-electron chi connectivity index (χ2n) is 8.55. The fourth-order valence-corrected chi connectivity index (χ4v) is 4.14. The fourth-order valence-electron chi connectivity index (χ4n) is 4.14. The van der Waals surface area contributed by atoms with Crippen LogP contribution in [0.1, 0.15) is 36.3 Å². The number of amides is 1. The zero-order valence-electron chi connectivity index (χ0n) is 19.3. The molecule has 0 bridgehead atoms. The number of fused-ring (bicyclic) bond motifs is 1. The minimum Gasteiger partial charge on any atom is -0.464 e. The van der Waals surface area contributed by atoms with E-state index in [0.29, 0.717) is 55.0 Å². The molecule has 1 aliphatic rings. The molecule has 0 spiro atoms. The number of aromatic nitrogens is 2. The van der Waals surface area contributed by atoms with Crippen molar-refractivity contribution in [3.05, 3.63) is 53.9 Å². The Morgan fingerprint density at radius 1 is 1.27 bits per heavy atom. The van der Waals surface area contributed by atoms with Crippen LogP contribution in [0.4, 0.5) is 11.4 Å². The molecule has 1 aromatic carbocycles. The smallest absolute Gasteiger partial charge is 0.356 e. The summed E-state index contributed by atoms with van der Waals surface area (Å²) >= 11 is 0. The highest BCUT2D eigenvalue weighted by molar-refractivity contribution is 6.11. The molecule has 174 valence electrons. The van der Waals surface area contributed by atoms with Gasteiger partial charge in [-0.05, 0) is 38.3 Å². The van der Waals surface area contributed by atoms with Crippen LogP contribution < -0.4 is 10.6 Å². The van der Waals surface area contributed by atoms with Crippen LogP contribution in [0.15, 0.2) is 42.6 Å². The normalized spacial score (nSPS) is 15.7. The average molecular weight is 451 g/mol. The van der Waals surface area contributed by atoms with E-state index in [1.54, 1.807) is 6.20 Å². The molecule has 1 aliphatic heterocycles. The van der Waals surface area contributed by atoms with E-state index in [2.05, 4.69) is 15.6 Å². The molecule has 8 nitrogen and oxygen atoms in total. The van der Waals surface area contributed by atoms with Gasteiger partial charge in [0, 0.05) is 24.6 Å². The summed E-state index contributed by atoms with van der Waals surface area (Å²) in [6.45, 7) is 5.53. The highest BCUT2D eigenvalue weighted by Crippen LogP contribution is 2.34. The molecule has 3 heterocycles. The maximum absolute atomic E-state index is 13.0. The third-order valence-electron chi connectivity index (χ3n) is 5.75. The predicted molar refractivity (Wildman–Crippen MR) is 128 cm³/mol. The number of hydrogen-bond acceptors (Lipinski definition) is 6. The highest BCUT2D eigenvalue weighted by Gasteiger charge is 2.29. The van der Waals surface area contributed by atoms with Gasteiger partial charge >= 0.3 is 5.97 Å². The van der Waals surface area contributed by atoms with Gasteiger partial charge in [0.1, 0.15) is 5.65 Å². The van der Waals surface area contributed by atoms with Gasteiger partial charge in [-0.3, -0.25) is 4.79 Å². The number of nitrogens with zero attached hydrogens (tertiary/aromatic N) is 2. The number of carbonyl (C=O) groups is 2. The monoisotopic (exact) mass is 450 g/mol. The summed E-state index contributed by atoms with van der Waals surface area (Å²) in [6.07, 6.45) is 3.11. The molecule has 0 saturated carbocycles. The van der Waals surface area contributed by atoms with E-state index in [1.165, 1.54) is 7.11 Å². The topological polar surface area (TPSA) is 94.5 Å². The number of pyridine rings is 1. The Balaban J connectivity index is 1.80. The summed E-state index contributed by atoms with van der Waals surface area (Å²) in [7, 11) is 1.34. The molecule has 8 heteroatoms. The summed E-state index contributed by atoms with van der Waals surface area (Å²) < 4.78 is 12.3. The average Bonchev–Trinajstić information content (AvgIpc) is 3.45. The summed E-state index contributed by atoms with van der Waals surface area (Å²) in [5, 5.41) is 7.04. The SMILES string of the molecule is COC(=O)c1c(NC(=O)C2CCOC2)c2cc(NC(C)C)cnc2n1CCc1ccccc1. The Labute approximate surface area is 193 Å². The second kappa shape index (κ2) is 10.0. The third-order valence-corrected chi connectivity index (χ3v) is 5.75. The van der Waals surface area contributed by atoms with E-state index in [4.69, 9.17) is 9.47 Å². The number of ether oxygens (including phenoxy) is 2. The fraction of sp³-hybridized carbons (Fsp3) is 0.400. The quantitative estimate of drug-likeness (QED) is 0.506. The predicted octanol–water partition coefficient (Wildman–Crippen LogP) is 3.86. The molecule has 0 aliphatic carbocycles. The third kappa shape index (κ3) is 5.01. The van der Waals surface area contributed by atoms with Crippen LogP contribution in [0.2, 0.25) is 0 Å². The zero-order chi connectivity index (χ0) is 23.4. The molecule has 3 aromatic rings. The second-order valence-corrected chi connectivity index (χ2v) is 8.55. The lowest BCUT2D eigenvalue weighted by molar-refractivity contribution is -0.119. The maximum Gasteiger partial charge on any atom is 0.356 e. The lowest BCUT2D eigenvalue weighted by Gasteiger charge is -2.12. The van der Waals surface area contributed by atoms with Crippen molar-refractivity contribution < 1.29 is 19.1 Å². The Bertz CT molecular complexity index is 1130. The molecule has 0 radical (unpaired) electrons. The van der Waals surface area contributed by atoms with Crippen LogP contribution >= 0.6 is 0 Å². The Kier molecular flexibility index (Phi) is 6.93. The number of methoxy groups -OCH3 is 1. The van der Waals surface area contributed by atoms with Crippen LogP contribution in [0, 0.1) is 5.92 Å². The number of esters is 1. The van der Waals surface area contributed by atoms with Gasteiger partial charge in [-0.1, -0.05) is 30.3 Å². The van der Waals surface area contributed by atoms with Crippen molar-refractivity contribution in [1.82, 2.24) is 9.55 Å². The van der Waals surface area contributed by atoms with Gasteiger partial charge in [-0.25, -0.2) is 9.78 Å². The highest BCUT2D eigenvalue weighted by atomic mass is 16.5. The molecule has 1 saturated heterocycles. The van der Waals surface area contributed by atoms with E-state index in [0.717, 1.165) is 11.3 Å². The van der Waals surface area contributed by atoms with E-state index < -0.39 is 5.97 Å². The molecule has 2 aromatic heterocycles. The molecule has 1 fully saturated rings. The van der Waals surface area contributed by atoms with Crippen LogP contribution in [-0.2, 0) is 27.2 Å².